The third-order valence-corrected chi connectivity index (χ3v) is 2.15. The Morgan fingerprint density at radius 3 is 2.74 bits per heavy atom. The number of halogens is 2. The molecule has 0 bridgehead atoms. The quantitative estimate of drug-likeness (QED) is 0.681. The number of ether oxygens (including phenoxy) is 1. The summed E-state index contributed by atoms with van der Waals surface area (Å²) < 4.78 is 31.3. The zero-order valence-corrected chi connectivity index (χ0v) is 9.34. The van der Waals surface area contributed by atoms with Crippen molar-refractivity contribution in [2.75, 3.05) is 5.73 Å². The predicted octanol–water partition coefficient (Wildman–Crippen LogP) is 2.64. The molecule has 1 aromatic heterocycles. The van der Waals surface area contributed by atoms with Crippen molar-refractivity contribution in [2.45, 2.75) is 0 Å². The van der Waals surface area contributed by atoms with E-state index in [0.717, 1.165) is 24.3 Å². The molecule has 0 saturated carbocycles. The molecule has 0 radical (unpaired) electrons. The molecule has 0 spiro atoms. The van der Waals surface area contributed by atoms with Crippen molar-refractivity contribution in [2.24, 2.45) is 0 Å². The number of hydrogen-bond donors (Lipinski definition) is 1. The van der Waals surface area contributed by atoms with E-state index >= 15 is 0 Å². The average Bonchev–Trinajstić information content (AvgIpc) is 2.34. The lowest BCUT2D eigenvalue weighted by Gasteiger charge is -2.06. The lowest BCUT2D eigenvalue weighted by molar-refractivity contribution is -0.384. The fourth-order valence-electron chi connectivity index (χ4n) is 1.34. The summed E-state index contributed by atoms with van der Waals surface area (Å²) in [5.41, 5.74) is 4.99. The van der Waals surface area contributed by atoms with Gasteiger partial charge < -0.3 is 10.5 Å². The van der Waals surface area contributed by atoms with Gasteiger partial charge in [-0.15, -0.1) is 0 Å². The van der Waals surface area contributed by atoms with Crippen LogP contribution in [0.25, 0.3) is 0 Å². The second kappa shape index (κ2) is 4.84. The van der Waals surface area contributed by atoms with Gasteiger partial charge in [0, 0.05) is 0 Å². The molecule has 0 saturated heterocycles. The highest BCUT2D eigenvalue weighted by atomic mass is 19.2. The number of aromatic nitrogens is 1. The van der Waals surface area contributed by atoms with Crippen LogP contribution in [0.15, 0.2) is 30.3 Å². The van der Waals surface area contributed by atoms with E-state index in [1.54, 1.807) is 0 Å². The van der Waals surface area contributed by atoms with Crippen LogP contribution in [0.1, 0.15) is 0 Å². The van der Waals surface area contributed by atoms with Crippen molar-refractivity contribution in [3.8, 4) is 11.6 Å². The maximum atomic E-state index is 13.4. The maximum Gasteiger partial charge on any atom is 0.278 e. The van der Waals surface area contributed by atoms with E-state index in [9.17, 15) is 18.9 Å². The molecular formula is C11H7F2N3O3. The standard InChI is InChI=1S/C11H7F2N3O3/c12-7-2-1-3-8(11(7)13)19-10-5-6(16(17)18)4-9(14)15-10/h1-5H,(H2,14,15). The molecular weight excluding hydrogens is 260 g/mol. The van der Waals surface area contributed by atoms with Gasteiger partial charge >= 0.3 is 0 Å². The number of pyridine rings is 1. The van der Waals surface area contributed by atoms with E-state index < -0.39 is 22.3 Å². The molecule has 2 rings (SSSR count). The number of benzene rings is 1. The smallest absolute Gasteiger partial charge is 0.278 e. The van der Waals surface area contributed by atoms with E-state index in [0.29, 0.717) is 0 Å². The van der Waals surface area contributed by atoms with Gasteiger partial charge in [0.25, 0.3) is 5.69 Å². The van der Waals surface area contributed by atoms with E-state index in [1.807, 2.05) is 0 Å². The lowest BCUT2D eigenvalue weighted by Crippen LogP contribution is -1.98. The normalized spacial score (nSPS) is 10.2. The molecule has 0 aliphatic rings. The van der Waals surface area contributed by atoms with Crippen LogP contribution in [0.2, 0.25) is 0 Å². The third kappa shape index (κ3) is 2.73. The summed E-state index contributed by atoms with van der Waals surface area (Å²) in [7, 11) is 0. The molecule has 2 aromatic rings. The second-order valence-electron chi connectivity index (χ2n) is 3.50. The zero-order chi connectivity index (χ0) is 14.0. The molecule has 0 amide bonds. The first-order chi connectivity index (χ1) is 8.97. The number of nitrogens with two attached hydrogens (primary N) is 1. The van der Waals surface area contributed by atoms with Gasteiger partial charge in [0.15, 0.2) is 11.6 Å². The fraction of sp³-hybridized carbons (Fsp3) is 0. The van der Waals surface area contributed by atoms with Crippen molar-refractivity contribution in [3.05, 3.63) is 52.1 Å². The van der Waals surface area contributed by atoms with Crippen molar-refractivity contribution in [1.82, 2.24) is 4.98 Å². The minimum absolute atomic E-state index is 0.166. The first-order valence-corrected chi connectivity index (χ1v) is 5.01. The number of nitro groups is 1. The minimum Gasteiger partial charge on any atom is -0.435 e. The molecule has 1 aromatic carbocycles. The van der Waals surface area contributed by atoms with E-state index in [1.165, 1.54) is 6.07 Å². The Morgan fingerprint density at radius 2 is 2.05 bits per heavy atom. The van der Waals surface area contributed by atoms with Crippen LogP contribution in [0.4, 0.5) is 20.3 Å². The molecule has 98 valence electrons. The van der Waals surface area contributed by atoms with Gasteiger partial charge in [-0.1, -0.05) is 6.07 Å². The Bertz CT molecular complexity index is 649. The van der Waals surface area contributed by atoms with Gasteiger partial charge in [-0.3, -0.25) is 10.1 Å². The summed E-state index contributed by atoms with van der Waals surface area (Å²) in [6, 6.07) is 5.29. The summed E-state index contributed by atoms with van der Waals surface area (Å²) in [6.45, 7) is 0. The number of nitrogen functional groups attached to an aromatic ring is 1. The van der Waals surface area contributed by atoms with Crippen molar-refractivity contribution in [3.63, 3.8) is 0 Å². The molecule has 8 heteroatoms. The molecule has 6 nitrogen and oxygen atoms in total. The lowest BCUT2D eigenvalue weighted by atomic mass is 10.3. The Labute approximate surface area is 105 Å². The average molecular weight is 267 g/mol. The number of anilines is 1. The van der Waals surface area contributed by atoms with Crippen LogP contribution in [0.5, 0.6) is 11.6 Å². The Morgan fingerprint density at radius 1 is 1.32 bits per heavy atom. The van der Waals surface area contributed by atoms with E-state index in [-0.39, 0.29) is 17.4 Å². The van der Waals surface area contributed by atoms with Crippen LogP contribution in [0, 0.1) is 21.7 Å². The summed E-state index contributed by atoms with van der Waals surface area (Å²) in [5.74, 6) is -3.21. The molecule has 0 aliphatic carbocycles. The van der Waals surface area contributed by atoms with Crippen LogP contribution < -0.4 is 10.5 Å². The predicted molar refractivity (Wildman–Crippen MR) is 61.7 cm³/mol. The molecule has 0 atom stereocenters. The molecule has 2 N–H and O–H groups in total. The van der Waals surface area contributed by atoms with Crippen molar-refractivity contribution < 1.29 is 18.4 Å². The number of nitrogens with zero attached hydrogens (tertiary/aromatic N) is 2. The largest absolute Gasteiger partial charge is 0.435 e. The fourth-order valence-corrected chi connectivity index (χ4v) is 1.34. The molecule has 0 aliphatic heterocycles. The van der Waals surface area contributed by atoms with E-state index in [2.05, 4.69) is 4.98 Å². The van der Waals surface area contributed by atoms with Gasteiger partial charge in [-0.2, -0.15) is 9.37 Å². The third-order valence-electron chi connectivity index (χ3n) is 2.15. The summed E-state index contributed by atoms with van der Waals surface area (Å²) in [6.07, 6.45) is 0. The molecule has 1 heterocycles. The molecule has 0 fully saturated rings. The Kier molecular flexibility index (Phi) is 3.23. The number of hydrogen-bond acceptors (Lipinski definition) is 5. The van der Waals surface area contributed by atoms with Crippen molar-refractivity contribution >= 4 is 11.5 Å². The highest BCUT2D eigenvalue weighted by molar-refractivity contribution is 5.46. The first-order valence-electron chi connectivity index (χ1n) is 5.01. The van der Waals surface area contributed by atoms with Gasteiger partial charge in [0.1, 0.15) is 5.82 Å². The summed E-state index contributed by atoms with van der Waals surface area (Å²) >= 11 is 0. The summed E-state index contributed by atoms with van der Waals surface area (Å²) in [5, 5.41) is 10.6. The van der Waals surface area contributed by atoms with Crippen molar-refractivity contribution in [1.29, 1.82) is 0 Å². The Balaban J connectivity index is 2.38. The zero-order valence-electron chi connectivity index (χ0n) is 9.34. The highest BCUT2D eigenvalue weighted by Crippen LogP contribution is 2.27. The molecule has 0 unspecified atom stereocenters. The van der Waals surface area contributed by atoms with Crippen LogP contribution >= 0.6 is 0 Å². The van der Waals surface area contributed by atoms with Gasteiger partial charge in [-0.05, 0) is 12.1 Å². The van der Waals surface area contributed by atoms with Gasteiger partial charge in [-0.25, -0.2) is 4.39 Å². The van der Waals surface area contributed by atoms with E-state index in [4.69, 9.17) is 10.5 Å². The Hall–Kier alpha value is -2.77. The second-order valence-corrected chi connectivity index (χ2v) is 3.50. The van der Waals surface area contributed by atoms with Crippen LogP contribution in [-0.4, -0.2) is 9.91 Å². The SMILES string of the molecule is Nc1cc([N+](=O)[O-])cc(Oc2cccc(F)c2F)n1. The molecule has 19 heavy (non-hydrogen) atoms. The van der Waals surface area contributed by atoms with Gasteiger partial charge in [0.2, 0.25) is 11.7 Å². The van der Waals surface area contributed by atoms with Crippen LogP contribution in [-0.2, 0) is 0 Å². The topological polar surface area (TPSA) is 91.3 Å². The van der Waals surface area contributed by atoms with Crippen LogP contribution in [0.3, 0.4) is 0 Å². The number of rotatable bonds is 3. The first kappa shape index (κ1) is 12.7. The van der Waals surface area contributed by atoms with Gasteiger partial charge in [0.05, 0.1) is 17.1 Å². The minimum atomic E-state index is -1.21. The monoisotopic (exact) mass is 267 g/mol. The highest BCUT2D eigenvalue weighted by Gasteiger charge is 2.14. The summed E-state index contributed by atoms with van der Waals surface area (Å²) in [4.78, 5) is 13.6. The maximum absolute atomic E-state index is 13.4.